The molecule has 0 spiro atoms. The minimum absolute atomic E-state index is 0.219. The Labute approximate surface area is 158 Å². The third-order valence-corrected chi connectivity index (χ3v) is 5.92. The molecule has 25 heavy (non-hydrogen) atoms. The quantitative estimate of drug-likeness (QED) is 0.720. The molecular formula is C18H19Cl2NO3S. The third kappa shape index (κ3) is 5.27. The van der Waals surface area contributed by atoms with Gasteiger partial charge in [0, 0.05) is 15.7 Å². The Morgan fingerprint density at radius 3 is 2.36 bits per heavy atom. The summed E-state index contributed by atoms with van der Waals surface area (Å²) in [6, 6.07) is 11.7. The minimum Gasteiger partial charge on any atom is -0.490 e. The second kappa shape index (κ2) is 7.85. The lowest BCUT2D eigenvalue weighted by molar-refractivity contribution is 0.210. The molecule has 7 heteroatoms. The van der Waals surface area contributed by atoms with Crippen LogP contribution in [0.3, 0.4) is 0 Å². The summed E-state index contributed by atoms with van der Waals surface area (Å²) in [5.41, 5.74) is 0.989. The number of hydrogen-bond acceptors (Lipinski definition) is 3. The summed E-state index contributed by atoms with van der Waals surface area (Å²) in [7, 11) is -3.58. The summed E-state index contributed by atoms with van der Waals surface area (Å²) >= 11 is 11.9. The molecule has 2 aromatic carbocycles. The molecular weight excluding hydrogens is 381 g/mol. The van der Waals surface area contributed by atoms with Crippen molar-refractivity contribution in [1.82, 2.24) is 0 Å². The molecule has 1 saturated carbocycles. The van der Waals surface area contributed by atoms with Crippen molar-refractivity contribution < 1.29 is 13.2 Å². The monoisotopic (exact) mass is 399 g/mol. The topological polar surface area (TPSA) is 55.4 Å². The van der Waals surface area contributed by atoms with Crippen molar-refractivity contribution in [3.63, 3.8) is 0 Å². The van der Waals surface area contributed by atoms with Gasteiger partial charge in [0.2, 0.25) is 10.0 Å². The van der Waals surface area contributed by atoms with E-state index in [1.54, 1.807) is 36.4 Å². The van der Waals surface area contributed by atoms with Crippen LogP contribution in [0.15, 0.2) is 42.5 Å². The van der Waals surface area contributed by atoms with Crippen LogP contribution in [0.1, 0.15) is 31.2 Å². The standard InChI is InChI=1S/C18H19Cl2NO3S/c19-14-6-5-13(18(20)11-14)12-25(22,23)21-15-7-9-17(10-8-15)24-16-3-1-2-4-16/h5-11,16,21H,1-4,12H2. The first-order chi connectivity index (χ1) is 11.9. The SMILES string of the molecule is O=S(=O)(Cc1ccc(Cl)cc1Cl)Nc1ccc(OC2CCCC2)cc1. The number of rotatable bonds is 6. The predicted molar refractivity (Wildman–Crippen MR) is 102 cm³/mol. The second-order valence-corrected chi connectivity index (χ2v) is 8.71. The van der Waals surface area contributed by atoms with Crippen molar-refractivity contribution in [3.05, 3.63) is 58.1 Å². The number of anilines is 1. The summed E-state index contributed by atoms with van der Waals surface area (Å²) in [6.07, 6.45) is 4.84. The molecule has 2 aromatic rings. The maximum Gasteiger partial charge on any atom is 0.236 e. The van der Waals surface area contributed by atoms with E-state index in [0.717, 1.165) is 18.6 Å². The highest BCUT2D eigenvalue weighted by Gasteiger charge is 2.17. The Hall–Kier alpha value is -1.43. The summed E-state index contributed by atoms with van der Waals surface area (Å²) in [4.78, 5) is 0. The molecule has 1 N–H and O–H groups in total. The zero-order valence-electron chi connectivity index (χ0n) is 13.5. The van der Waals surface area contributed by atoms with Gasteiger partial charge in [-0.2, -0.15) is 0 Å². The van der Waals surface area contributed by atoms with Crippen LogP contribution in [-0.4, -0.2) is 14.5 Å². The number of benzene rings is 2. The van der Waals surface area contributed by atoms with Gasteiger partial charge in [0.25, 0.3) is 0 Å². The molecule has 0 aliphatic heterocycles. The molecule has 0 aromatic heterocycles. The van der Waals surface area contributed by atoms with E-state index in [0.29, 0.717) is 21.3 Å². The van der Waals surface area contributed by atoms with Crippen LogP contribution in [0.2, 0.25) is 10.0 Å². The molecule has 1 aliphatic rings. The Balaban J connectivity index is 1.63. The van der Waals surface area contributed by atoms with Gasteiger partial charge < -0.3 is 4.74 Å². The second-order valence-electron chi connectivity index (χ2n) is 6.15. The maximum atomic E-state index is 12.3. The molecule has 0 atom stereocenters. The molecule has 134 valence electrons. The zero-order valence-corrected chi connectivity index (χ0v) is 15.9. The van der Waals surface area contributed by atoms with Crippen LogP contribution in [0.5, 0.6) is 5.75 Å². The first kappa shape index (κ1) is 18.4. The first-order valence-corrected chi connectivity index (χ1v) is 10.5. The van der Waals surface area contributed by atoms with Gasteiger partial charge in [0.1, 0.15) is 5.75 Å². The molecule has 1 aliphatic carbocycles. The van der Waals surface area contributed by atoms with Crippen molar-refractivity contribution in [3.8, 4) is 5.75 Å². The fourth-order valence-corrected chi connectivity index (χ4v) is 4.64. The fraction of sp³-hybridized carbons (Fsp3) is 0.333. The van der Waals surface area contributed by atoms with Gasteiger partial charge in [-0.15, -0.1) is 0 Å². The van der Waals surface area contributed by atoms with Crippen LogP contribution in [0.4, 0.5) is 5.69 Å². The first-order valence-electron chi connectivity index (χ1n) is 8.12. The van der Waals surface area contributed by atoms with Crippen molar-refractivity contribution in [2.75, 3.05) is 4.72 Å². The highest BCUT2D eigenvalue weighted by molar-refractivity contribution is 7.91. The lowest BCUT2D eigenvalue weighted by Crippen LogP contribution is -2.15. The van der Waals surface area contributed by atoms with Crippen LogP contribution >= 0.6 is 23.2 Å². The van der Waals surface area contributed by atoms with Crippen molar-refractivity contribution >= 4 is 38.9 Å². The summed E-state index contributed by atoms with van der Waals surface area (Å²) in [6.45, 7) is 0. The van der Waals surface area contributed by atoms with Crippen molar-refractivity contribution in [2.45, 2.75) is 37.5 Å². The molecule has 4 nitrogen and oxygen atoms in total. The molecule has 0 saturated heterocycles. The number of nitrogens with one attached hydrogen (secondary N) is 1. The lowest BCUT2D eigenvalue weighted by Gasteiger charge is -2.14. The number of halogens is 2. The minimum atomic E-state index is -3.58. The van der Waals surface area contributed by atoms with Crippen molar-refractivity contribution in [1.29, 1.82) is 0 Å². The van der Waals surface area contributed by atoms with Crippen LogP contribution < -0.4 is 9.46 Å². The Kier molecular flexibility index (Phi) is 5.77. The lowest BCUT2D eigenvalue weighted by atomic mass is 10.2. The van der Waals surface area contributed by atoms with Gasteiger partial charge in [-0.05, 0) is 67.6 Å². The van der Waals surface area contributed by atoms with Gasteiger partial charge in [0.05, 0.1) is 11.9 Å². The van der Waals surface area contributed by atoms with Gasteiger partial charge >= 0.3 is 0 Å². The third-order valence-electron chi connectivity index (χ3n) is 4.09. The van der Waals surface area contributed by atoms with E-state index >= 15 is 0 Å². The smallest absolute Gasteiger partial charge is 0.236 e. The van der Waals surface area contributed by atoms with Gasteiger partial charge in [0.15, 0.2) is 0 Å². The molecule has 0 heterocycles. The van der Waals surface area contributed by atoms with Crippen molar-refractivity contribution in [2.24, 2.45) is 0 Å². The van der Waals surface area contributed by atoms with Crippen LogP contribution in [0.25, 0.3) is 0 Å². The Morgan fingerprint density at radius 1 is 1.04 bits per heavy atom. The average molecular weight is 400 g/mol. The number of sulfonamides is 1. The molecule has 0 unspecified atom stereocenters. The van der Waals surface area contributed by atoms with E-state index in [9.17, 15) is 8.42 Å². The summed E-state index contributed by atoms with van der Waals surface area (Å²) < 4.78 is 33.1. The Morgan fingerprint density at radius 2 is 1.72 bits per heavy atom. The normalized spacial score (nSPS) is 15.3. The fourth-order valence-electron chi connectivity index (χ4n) is 2.86. The average Bonchev–Trinajstić information content (AvgIpc) is 3.05. The molecule has 0 bridgehead atoms. The van der Waals surface area contributed by atoms with Gasteiger partial charge in [-0.25, -0.2) is 8.42 Å². The largest absolute Gasteiger partial charge is 0.490 e. The van der Waals surface area contributed by atoms with E-state index in [4.69, 9.17) is 27.9 Å². The highest BCUT2D eigenvalue weighted by atomic mass is 35.5. The zero-order chi connectivity index (χ0) is 17.9. The van der Waals surface area contributed by atoms with Crippen LogP contribution in [0, 0.1) is 0 Å². The predicted octanol–water partition coefficient (Wildman–Crippen LogP) is 5.26. The van der Waals surface area contributed by atoms with Crippen LogP contribution in [-0.2, 0) is 15.8 Å². The number of ether oxygens (including phenoxy) is 1. The molecule has 0 radical (unpaired) electrons. The molecule has 0 amide bonds. The maximum absolute atomic E-state index is 12.3. The molecule has 3 rings (SSSR count). The number of hydrogen-bond donors (Lipinski definition) is 1. The van der Waals surface area contributed by atoms with E-state index in [-0.39, 0.29) is 11.9 Å². The summed E-state index contributed by atoms with van der Waals surface area (Å²) in [5, 5.41) is 0.801. The Bertz CT molecular complexity index is 832. The molecule has 1 fully saturated rings. The highest BCUT2D eigenvalue weighted by Crippen LogP contribution is 2.26. The van der Waals surface area contributed by atoms with E-state index in [2.05, 4.69) is 4.72 Å². The van der Waals surface area contributed by atoms with E-state index in [1.165, 1.54) is 18.9 Å². The summed E-state index contributed by atoms with van der Waals surface area (Å²) in [5.74, 6) is 0.541. The van der Waals surface area contributed by atoms with E-state index in [1.807, 2.05) is 0 Å². The van der Waals surface area contributed by atoms with Gasteiger partial charge in [-0.1, -0.05) is 29.3 Å². The van der Waals surface area contributed by atoms with Gasteiger partial charge in [-0.3, -0.25) is 4.72 Å². The van der Waals surface area contributed by atoms with E-state index < -0.39 is 10.0 Å².